The Kier molecular flexibility index (Phi) is 8.61. The maximum Gasteiger partial charge on any atom is 0.276 e. The van der Waals surface area contributed by atoms with Gasteiger partial charge in [0.05, 0.1) is 24.9 Å². The maximum atomic E-state index is 12.1. The van der Waals surface area contributed by atoms with Gasteiger partial charge in [-0.3, -0.25) is 9.69 Å². The van der Waals surface area contributed by atoms with Gasteiger partial charge in [-0.2, -0.15) is 0 Å². The molecule has 4 rings (SSSR count). The van der Waals surface area contributed by atoms with Crippen molar-refractivity contribution in [2.75, 3.05) is 25.0 Å². The number of halogens is 3. The molecule has 2 aliphatic rings. The highest BCUT2D eigenvalue weighted by molar-refractivity contribution is 6.76. The predicted octanol–water partition coefficient (Wildman–Crippen LogP) is 4.35. The van der Waals surface area contributed by atoms with E-state index in [1.807, 2.05) is 30.3 Å². The molecule has 1 amide bonds. The predicted molar refractivity (Wildman–Crippen MR) is 135 cm³/mol. The van der Waals surface area contributed by atoms with Gasteiger partial charge in [0, 0.05) is 36.8 Å². The second-order valence-corrected chi connectivity index (χ2v) is 11.4. The zero-order valence-electron chi connectivity index (χ0n) is 19.2. The highest BCUT2D eigenvalue weighted by Crippen LogP contribution is 2.42. The van der Waals surface area contributed by atoms with Crippen molar-refractivity contribution in [3.63, 3.8) is 0 Å². The number of aliphatic hydroxyl groups excluding tert-OH is 2. The fourth-order valence-electron chi connectivity index (χ4n) is 4.53. The molecule has 190 valence electrons. The minimum Gasteiger partial charge on any atom is -0.392 e. The number of hydrogen-bond acceptors (Lipinski definition) is 6. The van der Waals surface area contributed by atoms with E-state index in [0.29, 0.717) is 24.3 Å². The second-order valence-electron chi connectivity index (χ2n) is 9.10. The Labute approximate surface area is 219 Å². The topological polar surface area (TPSA) is 91.3 Å². The van der Waals surface area contributed by atoms with Gasteiger partial charge in [0.1, 0.15) is 0 Å². The average molecular weight is 544 g/mol. The van der Waals surface area contributed by atoms with Crippen LogP contribution in [-0.2, 0) is 20.9 Å². The first-order valence-electron chi connectivity index (χ1n) is 11.5. The van der Waals surface area contributed by atoms with Gasteiger partial charge in [-0.1, -0.05) is 78.1 Å². The number of ether oxygens (including phenoxy) is 2. The van der Waals surface area contributed by atoms with Crippen LogP contribution in [0.5, 0.6) is 0 Å². The molecular formula is C25H29Cl3N2O5. The summed E-state index contributed by atoms with van der Waals surface area (Å²) in [6.07, 6.45) is -0.700. The summed E-state index contributed by atoms with van der Waals surface area (Å²) in [5, 5.41) is 22.0. The highest BCUT2D eigenvalue weighted by atomic mass is 35.6. The van der Waals surface area contributed by atoms with E-state index < -0.39 is 16.0 Å². The fourth-order valence-corrected chi connectivity index (χ4v) is 4.67. The van der Waals surface area contributed by atoms with E-state index in [4.69, 9.17) is 44.3 Å². The van der Waals surface area contributed by atoms with Crippen molar-refractivity contribution in [3.8, 4) is 0 Å². The summed E-state index contributed by atoms with van der Waals surface area (Å²) >= 11 is 17.1. The number of rotatable bonds is 6. The number of nitrogens with zero attached hydrogens (tertiary/aromatic N) is 1. The molecule has 0 unspecified atom stereocenters. The van der Waals surface area contributed by atoms with Crippen LogP contribution in [0.2, 0.25) is 0 Å². The van der Waals surface area contributed by atoms with Crippen molar-refractivity contribution in [3.05, 3.63) is 65.2 Å². The molecule has 0 aromatic heterocycles. The van der Waals surface area contributed by atoms with Gasteiger partial charge in [0.15, 0.2) is 6.29 Å². The van der Waals surface area contributed by atoms with Crippen LogP contribution in [0.25, 0.3) is 0 Å². The number of nitrogens with one attached hydrogen (secondary N) is 1. The third kappa shape index (κ3) is 6.67. The number of alkyl halides is 3. The van der Waals surface area contributed by atoms with Gasteiger partial charge in [-0.15, -0.1) is 0 Å². The van der Waals surface area contributed by atoms with E-state index in [0.717, 1.165) is 24.1 Å². The molecule has 0 spiro atoms. The Bertz CT molecular complexity index is 1020. The summed E-state index contributed by atoms with van der Waals surface area (Å²) in [6.45, 7) is 4.16. The van der Waals surface area contributed by atoms with Crippen LogP contribution in [0, 0.1) is 5.92 Å². The van der Waals surface area contributed by atoms with E-state index in [9.17, 15) is 15.0 Å². The van der Waals surface area contributed by atoms with Crippen LogP contribution in [0.4, 0.5) is 5.69 Å². The number of amides is 1. The molecule has 7 nitrogen and oxygen atoms in total. The number of aliphatic hydroxyl groups is 2. The first-order chi connectivity index (χ1) is 16.6. The molecule has 0 saturated carbocycles. The molecule has 2 heterocycles. The molecule has 2 aromatic carbocycles. The average Bonchev–Trinajstić information content (AvgIpc) is 3.24. The molecule has 2 aliphatic heterocycles. The van der Waals surface area contributed by atoms with E-state index >= 15 is 0 Å². The summed E-state index contributed by atoms with van der Waals surface area (Å²) in [4.78, 5) is 14.3. The Morgan fingerprint density at radius 2 is 1.89 bits per heavy atom. The Hall–Kier alpha value is -1.42. The number of carbonyl (C=O) groups excluding carboxylic acids is 1. The highest BCUT2D eigenvalue weighted by Gasteiger charge is 2.40. The van der Waals surface area contributed by atoms with Crippen molar-refractivity contribution in [2.24, 2.45) is 5.92 Å². The minimum atomic E-state index is -2.08. The van der Waals surface area contributed by atoms with Crippen LogP contribution >= 0.6 is 34.8 Å². The number of β-amino-alcohol motifs (C(OH)–C–C–N with tert-alkyl or cyclic N) is 1. The molecule has 0 bridgehead atoms. The third-order valence-corrected chi connectivity index (χ3v) is 7.00. The number of benzene rings is 2. The first-order valence-corrected chi connectivity index (χ1v) is 12.7. The van der Waals surface area contributed by atoms with E-state index in [1.54, 1.807) is 18.2 Å². The molecule has 35 heavy (non-hydrogen) atoms. The largest absolute Gasteiger partial charge is 0.392 e. The summed E-state index contributed by atoms with van der Waals surface area (Å²) in [5.41, 5.74) is 2.97. The lowest BCUT2D eigenvalue weighted by Gasteiger charge is -2.42. The van der Waals surface area contributed by atoms with Crippen LogP contribution < -0.4 is 5.32 Å². The van der Waals surface area contributed by atoms with Gasteiger partial charge >= 0.3 is 0 Å². The standard InChI is InChI=1S/C25H29Cl3N2O5/c1-15-21(13-30-10-9-20(32)12-30)34-23(35-22(15)17-7-5-16(14-31)6-8-17)18-3-2-4-19(11-18)29-24(33)25(26,27)28/h2-8,11,15,20-23,31-32H,9-10,12-14H2,1H3,(H,29,33)/t15-,20+,21+,22+,23+/m1/s1. The number of hydrogen-bond donors (Lipinski definition) is 3. The molecule has 5 atom stereocenters. The second kappa shape index (κ2) is 11.3. The number of carbonyl (C=O) groups is 1. The smallest absolute Gasteiger partial charge is 0.276 e. The van der Waals surface area contributed by atoms with Crippen molar-refractivity contribution < 1.29 is 24.5 Å². The van der Waals surface area contributed by atoms with Crippen molar-refractivity contribution in [1.82, 2.24) is 4.90 Å². The zero-order chi connectivity index (χ0) is 25.2. The molecule has 2 aromatic rings. The molecular weight excluding hydrogens is 515 g/mol. The van der Waals surface area contributed by atoms with Gasteiger partial charge in [-0.25, -0.2) is 0 Å². The Morgan fingerprint density at radius 1 is 1.14 bits per heavy atom. The lowest BCUT2D eigenvalue weighted by atomic mass is 9.90. The lowest BCUT2D eigenvalue weighted by molar-refractivity contribution is -0.276. The minimum absolute atomic E-state index is 0.0243. The SMILES string of the molecule is C[C@@H]1[C@H](CN2CC[C@H](O)C2)O[C@H](c2cccc(NC(=O)C(Cl)(Cl)Cl)c2)O[C@@H]1c1ccc(CO)cc1. The van der Waals surface area contributed by atoms with Gasteiger partial charge in [0.2, 0.25) is 0 Å². The van der Waals surface area contributed by atoms with Crippen LogP contribution in [0.1, 0.15) is 42.4 Å². The fraction of sp³-hybridized carbons (Fsp3) is 0.480. The summed E-state index contributed by atoms with van der Waals surface area (Å²) in [5.74, 6) is -0.734. The summed E-state index contributed by atoms with van der Waals surface area (Å²) in [7, 11) is 0. The van der Waals surface area contributed by atoms with Crippen molar-refractivity contribution in [1.29, 1.82) is 0 Å². The van der Waals surface area contributed by atoms with E-state index in [-0.39, 0.29) is 30.8 Å². The quantitative estimate of drug-likeness (QED) is 0.470. The van der Waals surface area contributed by atoms with E-state index in [1.165, 1.54) is 0 Å². The molecule has 2 saturated heterocycles. The summed E-state index contributed by atoms with van der Waals surface area (Å²) < 4.78 is 10.8. The maximum absolute atomic E-state index is 12.1. The van der Waals surface area contributed by atoms with Gasteiger partial charge in [0.25, 0.3) is 9.70 Å². The van der Waals surface area contributed by atoms with Crippen LogP contribution in [0.15, 0.2) is 48.5 Å². The first kappa shape index (κ1) is 26.6. The van der Waals surface area contributed by atoms with Gasteiger partial charge < -0.3 is 25.0 Å². The van der Waals surface area contributed by atoms with Crippen LogP contribution in [0.3, 0.4) is 0 Å². The summed E-state index contributed by atoms with van der Waals surface area (Å²) in [6, 6.07) is 14.7. The molecule has 0 radical (unpaired) electrons. The number of likely N-dealkylation sites (tertiary alicyclic amines) is 1. The van der Waals surface area contributed by atoms with Crippen molar-refractivity contribution >= 4 is 46.4 Å². The van der Waals surface area contributed by atoms with Crippen molar-refractivity contribution in [2.45, 2.75) is 48.3 Å². The lowest BCUT2D eigenvalue weighted by Crippen LogP contribution is -2.44. The molecule has 10 heteroatoms. The van der Waals surface area contributed by atoms with Gasteiger partial charge in [-0.05, 0) is 29.7 Å². The molecule has 2 fully saturated rings. The molecule has 0 aliphatic carbocycles. The molecule has 3 N–H and O–H groups in total. The van der Waals surface area contributed by atoms with E-state index in [2.05, 4.69) is 17.1 Å². The Balaban J connectivity index is 1.59. The zero-order valence-corrected chi connectivity index (χ0v) is 21.5. The normalized spacial score (nSPS) is 27.7. The Morgan fingerprint density at radius 3 is 2.51 bits per heavy atom. The third-order valence-electron chi connectivity index (χ3n) is 6.48. The van der Waals surface area contributed by atoms with Crippen LogP contribution in [-0.4, -0.2) is 56.7 Å². The number of anilines is 1. The monoisotopic (exact) mass is 542 g/mol.